The first kappa shape index (κ1) is 13.8. The zero-order valence-corrected chi connectivity index (χ0v) is 10.0. The van der Waals surface area contributed by atoms with Crippen LogP contribution in [0.3, 0.4) is 0 Å². The van der Waals surface area contributed by atoms with Gasteiger partial charge < -0.3 is 29.2 Å². The van der Waals surface area contributed by atoms with E-state index in [1.54, 1.807) is 13.8 Å². The highest BCUT2D eigenvalue weighted by molar-refractivity contribution is 4.84. The minimum Gasteiger partial charge on any atom is -0.388 e. The lowest BCUT2D eigenvalue weighted by atomic mass is 10.1. The molecule has 0 amide bonds. The van der Waals surface area contributed by atoms with Crippen molar-refractivity contribution in [1.29, 1.82) is 0 Å². The van der Waals surface area contributed by atoms with Gasteiger partial charge in [-0.25, -0.2) is 0 Å². The molecule has 0 unspecified atom stereocenters. The number of methoxy groups -OCH3 is 2. The molecule has 96 valence electrons. The number of hydrogen-bond donors (Lipinski definition) is 2. The third kappa shape index (κ3) is 3.13. The van der Waals surface area contributed by atoms with E-state index in [4.69, 9.17) is 18.9 Å². The summed E-state index contributed by atoms with van der Waals surface area (Å²) in [4.78, 5) is 0. The Bertz CT molecular complexity index is 215. The van der Waals surface area contributed by atoms with E-state index in [1.807, 2.05) is 0 Å². The molecule has 6 nitrogen and oxygen atoms in total. The predicted octanol–water partition coefficient (Wildman–Crippen LogP) is -0.521. The smallest absolute Gasteiger partial charge is 0.185 e. The molecule has 1 heterocycles. The van der Waals surface area contributed by atoms with Gasteiger partial charge in [-0.3, -0.25) is 0 Å². The Morgan fingerprint density at radius 3 is 2.38 bits per heavy atom. The van der Waals surface area contributed by atoms with E-state index >= 15 is 0 Å². The molecule has 0 saturated carbocycles. The molecular formula is C10H20O6. The highest BCUT2D eigenvalue weighted by Crippen LogP contribution is 2.25. The van der Waals surface area contributed by atoms with Crippen LogP contribution in [0.1, 0.15) is 13.8 Å². The molecule has 1 aliphatic rings. The Hall–Kier alpha value is -0.240. The number of aliphatic hydroxyl groups excluding tert-OH is 2. The summed E-state index contributed by atoms with van der Waals surface area (Å²) in [6, 6.07) is 0. The Morgan fingerprint density at radius 1 is 1.31 bits per heavy atom. The van der Waals surface area contributed by atoms with Crippen LogP contribution in [-0.2, 0) is 18.9 Å². The molecule has 0 bridgehead atoms. The van der Waals surface area contributed by atoms with Gasteiger partial charge in [0.05, 0.1) is 6.61 Å². The van der Waals surface area contributed by atoms with Crippen LogP contribution in [0.2, 0.25) is 0 Å². The van der Waals surface area contributed by atoms with Gasteiger partial charge in [0.15, 0.2) is 12.1 Å². The van der Waals surface area contributed by atoms with Crippen LogP contribution in [0, 0.1) is 0 Å². The second kappa shape index (κ2) is 5.39. The van der Waals surface area contributed by atoms with Gasteiger partial charge in [0.25, 0.3) is 0 Å². The van der Waals surface area contributed by atoms with Crippen LogP contribution in [-0.4, -0.2) is 61.4 Å². The van der Waals surface area contributed by atoms with Crippen LogP contribution >= 0.6 is 0 Å². The van der Waals surface area contributed by atoms with Crippen molar-refractivity contribution in [3.8, 4) is 0 Å². The molecule has 0 radical (unpaired) electrons. The van der Waals surface area contributed by atoms with Crippen molar-refractivity contribution in [3.05, 3.63) is 0 Å². The minimum absolute atomic E-state index is 0.106. The second-order valence-corrected chi connectivity index (χ2v) is 4.19. The summed E-state index contributed by atoms with van der Waals surface area (Å²) in [5.41, 5.74) is 0. The Morgan fingerprint density at radius 2 is 1.88 bits per heavy atom. The largest absolute Gasteiger partial charge is 0.388 e. The van der Waals surface area contributed by atoms with Crippen LogP contribution in [0.4, 0.5) is 0 Å². The normalized spacial score (nSPS) is 31.7. The molecule has 3 atom stereocenters. The SMILES string of the molecule is COC(OC)[C@H](O)[C@@H]1OC(C)(C)OC[C@H]1O. The maximum absolute atomic E-state index is 9.95. The molecule has 0 aromatic rings. The zero-order chi connectivity index (χ0) is 12.3. The van der Waals surface area contributed by atoms with Gasteiger partial charge in [-0.15, -0.1) is 0 Å². The molecule has 1 aliphatic heterocycles. The van der Waals surface area contributed by atoms with Crippen LogP contribution in [0.15, 0.2) is 0 Å². The maximum Gasteiger partial charge on any atom is 0.185 e. The molecule has 1 rings (SSSR count). The minimum atomic E-state index is -1.08. The monoisotopic (exact) mass is 236 g/mol. The lowest BCUT2D eigenvalue weighted by Crippen LogP contribution is -2.56. The predicted molar refractivity (Wildman–Crippen MR) is 54.7 cm³/mol. The highest BCUT2D eigenvalue weighted by atomic mass is 16.7. The molecule has 0 aliphatic carbocycles. The maximum atomic E-state index is 9.95. The Balaban J connectivity index is 2.68. The quantitative estimate of drug-likeness (QED) is 0.639. The summed E-state index contributed by atoms with van der Waals surface area (Å²) >= 11 is 0. The summed E-state index contributed by atoms with van der Waals surface area (Å²) in [7, 11) is 2.82. The summed E-state index contributed by atoms with van der Waals surface area (Å²) < 4.78 is 20.5. The lowest BCUT2D eigenvalue weighted by Gasteiger charge is -2.41. The average Bonchev–Trinajstić information content (AvgIpc) is 2.23. The molecule has 1 saturated heterocycles. The van der Waals surface area contributed by atoms with Gasteiger partial charge >= 0.3 is 0 Å². The number of ether oxygens (including phenoxy) is 4. The van der Waals surface area contributed by atoms with Crippen molar-refractivity contribution in [2.45, 2.75) is 44.2 Å². The first-order chi connectivity index (χ1) is 7.41. The van der Waals surface area contributed by atoms with Crippen molar-refractivity contribution in [1.82, 2.24) is 0 Å². The van der Waals surface area contributed by atoms with E-state index in [9.17, 15) is 10.2 Å². The topological polar surface area (TPSA) is 77.4 Å². The van der Waals surface area contributed by atoms with Gasteiger partial charge in [0.1, 0.15) is 18.3 Å². The zero-order valence-electron chi connectivity index (χ0n) is 10.0. The molecule has 16 heavy (non-hydrogen) atoms. The van der Waals surface area contributed by atoms with Crippen molar-refractivity contribution in [2.75, 3.05) is 20.8 Å². The number of rotatable bonds is 4. The fraction of sp³-hybridized carbons (Fsp3) is 1.00. The summed E-state index contributed by atoms with van der Waals surface area (Å²) in [6.07, 6.45) is -3.62. The van der Waals surface area contributed by atoms with Gasteiger partial charge in [0.2, 0.25) is 0 Å². The third-order valence-electron chi connectivity index (χ3n) is 2.48. The third-order valence-corrected chi connectivity index (χ3v) is 2.48. The van der Waals surface area contributed by atoms with Gasteiger partial charge in [-0.05, 0) is 13.8 Å². The average molecular weight is 236 g/mol. The highest BCUT2D eigenvalue weighted by Gasteiger charge is 2.42. The van der Waals surface area contributed by atoms with E-state index in [2.05, 4.69) is 0 Å². The first-order valence-corrected chi connectivity index (χ1v) is 5.15. The number of hydrogen-bond acceptors (Lipinski definition) is 6. The molecular weight excluding hydrogens is 216 g/mol. The van der Waals surface area contributed by atoms with Crippen LogP contribution < -0.4 is 0 Å². The van der Waals surface area contributed by atoms with Crippen LogP contribution in [0.25, 0.3) is 0 Å². The molecule has 0 spiro atoms. The van der Waals surface area contributed by atoms with Gasteiger partial charge in [-0.1, -0.05) is 0 Å². The molecule has 0 aromatic heterocycles. The fourth-order valence-corrected chi connectivity index (χ4v) is 1.65. The van der Waals surface area contributed by atoms with Crippen molar-refractivity contribution in [3.63, 3.8) is 0 Å². The van der Waals surface area contributed by atoms with Crippen molar-refractivity contribution >= 4 is 0 Å². The van der Waals surface area contributed by atoms with E-state index in [1.165, 1.54) is 14.2 Å². The first-order valence-electron chi connectivity index (χ1n) is 5.15. The fourth-order valence-electron chi connectivity index (χ4n) is 1.65. The molecule has 2 N–H and O–H groups in total. The van der Waals surface area contributed by atoms with Crippen LogP contribution in [0.5, 0.6) is 0 Å². The molecule has 0 aromatic carbocycles. The second-order valence-electron chi connectivity index (χ2n) is 4.19. The van der Waals surface area contributed by atoms with Crippen molar-refractivity contribution < 1.29 is 29.2 Å². The molecule has 1 fully saturated rings. The van der Waals surface area contributed by atoms with E-state index < -0.39 is 30.4 Å². The van der Waals surface area contributed by atoms with E-state index in [0.717, 1.165) is 0 Å². The Kier molecular flexibility index (Phi) is 4.66. The lowest BCUT2D eigenvalue weighted by molar-refractivity contribution is -0.334. The number of aliphatic hydroxyl groups is 2. The standard InChI is InChI=1S/C10H20O6/c1-10(2)15-5-6(11)8(16-10)7(12)9(13-3)14-4/h6-9,11-12H,5H2,1-4H3/t6-,7-,8-/m1/s1. The van der Waals surface area contributed by atoms with Crippen molar-refractivity contribution in [2.24, 2.45) is 0 Å². The summed E-state index contributed by atoms with van der Waals surface area (Å²) in [5.74, 6) is -0.836. The summed E-state index contributed by atoms with van der Waals surface area (Å²) in [6.45, 7) is 3.54. The van der Waals surface area contributed by atoms with Gasteiger partial charge in [0, 0.05) is 14.2 Å². The van der Waals surface area contributed by atoms with Gasteiger partial charge in [-0.2, -0.15) is 0 Å². The van der Waals surface area contributed by atoms with E-state index in [-0.39, 0.29) is 6.61 Å². The Labute approximate surface area is 95.1 Å². The molecule has 6 heteroatoms. The van der Waals surface area contributed by atoms with E-state index in [0.29, 0.717) is 0 Å². The summed E-state index contributed by atoms with van der Waals surface area (Å²) in [5, 5.41) is 19.6.